The number of halogens is 1. The minimum atomic E-state index is 0.419. The Labute approximate surface area is 126 Å². The first-order chi connectivity index (χ1) is 10.2. The summed E-state index contributed by atoms with van der Waals surface area (Å²) in [6, 6.07) is 13.0. The average Bonchev–Trinajstić information content (AvgIpc) is 2.95. The molecule has 0 N–H and O–H groups in total. The zero-order chi connectivity index (χ0) is 14.4. The van der Waals surface area contributed by atoms with E-state index < -0.39 is 0 Å². The van der Waals surface area contributed by atoms with Crippen molar-refractivity contribution < 1.29 is 0 Å². The molecule has 4 rings (SSSR count). The molecular formula is C14H7BClN5. The summed E-state index contributed by atoms with van der Waals surface area (Å²) in [7, 11) is 5.91. The molecule has 5 nitrogen and oxygen atoms in total. The van der Waals surface area contributed by atoms with Crippen LogP contribution in [0.4, 0.5) is 0 Å². The van der Waals surface area contributed by atoms with E-state index in [-0.39, 0.29) is 0 Å². The third-order valence-corrected chi connectivity index (χ3v) is 3.63. The molecule has 0 aliphatic rings. The summed E-state index contributed by atoms with van der Waals surface area (Å²) in [6.07, 6.45) is 0. The van der Waals surface area contributed by atoms with Crippen LogP contribution in [0.15, 0.2) is 42.5 Å². The lowest BCUT2D eigenvalue weighted by molar-refractivity contribution is 0.840. The van der Waals surface area contributed by atoms with Gasteiger partial charge in [-0.3, -0.25) is 0 Å². The Morgan fingerprint density at radius 1 is 1.10 bits per heavy atom. The molecule has 0 bridgehead atoms. The van der Waals surface area contributed by atoms with Crippen molar-refractivity contribution in [3.8, 4) is 11.3 Å². The van der Waals surface area contributed by atoms with Crippen LogP contribution in [-0.2, 0) is 0 Å². The third-order valence-electron chi connectivity index (χ3n) is 3.30. The molecule has 0 fully saturated rings. The predicted octanol–water partition coefficient (Wildman–Crippen LogP) is 1.79. The normalized spacial score (nSPS) is 11.3. The molecule has 0 spiro atoms. The number of nitrogens with zero attached hydrogens (tertiary/aromatic N) is 5. The van der Waals surface area contributed by atoms with Gasteiger partial charge in [0.1, 0.15) is 7.85 Å². The zero-order valence-corrected chi connectivity index (χ0v) is 11.5. The summed E-state index contributed by atoms with van der Waals surface area (Å²) < 4.78 is 1.58. The molecule has 0 unspecified atom stereocenters. The summed E-state index contributed by atoms with van der Waals surface area (Å²) in [4.78, 5) is 4.52. The predicted molar refractivity (Wildman–Crippen MR) is 81.9 cm³/mol. The van der Waals surface area contributed by atoms with E-state index >= 15 is 0 Å². The van der Waals surface area contributed by atoms with Crippen LogP contribution in [0.25, 0.3) is 27.9 Å². The molecular weight excluding hydrogens is 284 g/mol. The highest BCUT2D eigenvalue weighted by Gasteiger charge is 2.14. The van der Waals surface area contributed by atoms with Crippen LogP contribution in [-0.4, -0.2) is 32.9 Å². The van der Waals surface area contributed by atoms with Gasteiger partial charge in [0.2, 0.25) is 0 Å². The van der Waals surface area contributed by atoms with E-state index in [9.17, 15) is 0 Å². The monoisotopic (exact) mass is 291 g/mol. The highest BCUT2D eigenvalue weighted by atomic mass is 35.5. The number of aromatic nitrogens is 5. The summed E-state index contributed by atoms with van der Waals surface area (Å²) in [5.74, 6) is 0.419. The second kappa shape index (κ2) is 4.53. The SMILES string of the molecule is [B]c1ccc2c(c1)c(-c1ccccc1Cl)nc1nnnn12. The summed E-state index contributed by atoms with van der Waals surface area (Å²) >= 11 is 6.29. The quantitative estimate of drug-likeness (QED) is 0.502. The molecule has 98 valence electrons. The first-order valence-corrected chi connectivity index (χ1v) is 6.64. The maximum atomic E-state index is 6.29. The maximum Gasteiger partial charge on any atom is 0.274 e. The van der Waals surface area contributed by atoms with Crippen LogP contribution >= 0.6 is 11.6 Å². The largest absolute Gasteiger partial charge is 0.274 e. The van der Waals surface area contributed by atoms with Crippen LogP contribution in [0.2, 0.25) is 5.02 Å². The highest BCUT2D eigenvalue weighted by molar-refractivity contribution is 6.34. The Bertz CT molecular complexity index is 982. The molecule has 0 aliphatic heterocycles. The van der Waals surface area contributed by atoms with Crippen LogP contribution in [0.5, 0.6) is 0 Å². The maximum absolute atomic E-state index is 6.29. The number of benzene rings is 2. The smallest absolute Gasteiger partial charge is 0.209 e. The summed E-state index contributed by atoms with van der Waals surface area (Å²) in [5, 5.41) is 13.0. The van der Waals surface area contributed by atoms with Gasteiger partial charge in [0.25, 0.3) is 5.78 Å². The molecule has 2 aromatic heterocycles. The van der Waals surface area contributed by atoms with Crippen molar-refractivity contribution in [2.24, 2.45) is 0 Å². The molecule has 0 amide bonds. The van der Waals surface area contributed by atoms with Crippen LogP contribution < -0.4 is 5.46 Å². The number of hydrogen-bond acceptors (Lipinski definition) is 4. The molecule has 0 aliphatic carbocycles. The van der Waals surface area contributed by atoms with Gasteiger partial charge in [-0.25, -0.2) is 4.98 Å². The Hall–Kier alpha value is -2.47. The Balaban J connectivity index is 2.20. The van der Waals surface area contributed by atoms with Crippen molar-refractivity contribution in [1.29, 1.82) is 0 Å². The zero-order valence-electron chi connectivity index (χ0n) is 10.7. The van der Waals surface area contributed by atoms with Crippen molar-refractivity contribution in [2.75, 3.05) is 0 Å². The van der Waals surface area contributed by atoms with Gasteiger partial charge in [0.05, 0.1) is 11.2 Å². The van der Waals surface area contributed by atoms with Crippen molar-refractivity contribution in [3.05, 3.63) is 47.5 Å². The standard InChI is InChI=1S/C14H7BClN5/c15-8-5-6-12-10(7-8)13(9-3-1-2-4-11(9)16)17-14-18-19-20-21(12)14/h1-7H. The van der Waals surface area contributed by atoms with Gasteiger partial charge in [-0.05, 0) is 22.6 Å². The molecule has 2 heterocycles. The van der Waals surface area contributed by atoms with Crippen molar-refractivity contribution >= 4 is 41.6 Å². The molecule has 4 aromatic rings. The van der Waals surface area contributed by atoms with Crippen molar-refractivity contribution in [2.45, 2.75) is 0 Å². The van der Waals surface area contributed by atoms with Gasteiger partial charge in [0.15, 0.2) is 0 Å². The molecule has 0 saturated carbocycles. The lowest BCUT2D eigenvalue weighted by Gasteiger charge is -2.09. The molecule has 2 radical (unpaired) electrons. The lowest BCUT2D eigenvalue weighted by atomic mass is 9.93. The second-order valence-electron chi connectivity index (χ2n) is 4.61. The Kier molecular flexibility index (Phi) is 2.65. The number of fused-ring (bicyclic) bond motifs is 3. The van der Waals surface area contributed by atoms with Gasteiger partial charge in [0, 0.05) is 16.0 Å². The average molecular weight is 292 g/mol. The molecule has 0 saturated heterocycles. The van der Waals surface area contributed by atoms with E-state index in [2.05, 4.69) is 20.5 Å². The fourth-order valence-electron chi connectivity index (χ4n) is 2.35. The van der Waals surface area contributed by atoms with Gasteiger partial charge in [-0.15, -0.1) is 0 Å². The van der Waals surface area contributed by atoms with Gasteiger partial charge in [-0.2, -0.15) is 4.52 Å². The van der Waals surface area contributed by atoms with Gasteiger partial charge in [-0.1, -0.05) is 52.5 Å². The Morgan fingerprint density at radius 2 is 1.95 bits per heavy atom. The first-order valence-electron chi connectivity index (χ1n) is 6.26. The van der Waals surface area contributed by atoms with E-state index in [1.165, 1.54) is 0 Å². The molecule has 21 heavy (non-hydrogen) atoms. The lowest BCUT2D eigenvalue weighted by Crippen LogP contribution is -2.04. The fraction of sp³-hybridized carbons (Fsp3) is 0. The minimum Gasteiger partial charge on any atom is -0.209 e. The van der Waals surface area contributed by atoms with Gasteiger partial charge >= 0.3 is 0 Å². The first kappa shape index (κ1) is 12.3. The number of hydrogen-bond donors (Lipinski definition) is 0. The molecule has 0 atom stereocenters. The minimum absolute atomic E-state index is 0.419. The van der Waals surface area contributed by atoms with Gasteiger partial charge < -0.3 is 0 Å². The number of tetrazole rings is 1. The topological polar surface area (TPSA) is 56.0 Å². The fourth-order valence-corrected chi connectivity index (χ4v) is 2.58. The van der Waals surface area contributed by atoms with Crippen molar-refractivity contribution in [3.63, 3.8) is 0 Å². The van der Waals surface area contributed by atoms with Crippen molar-refractivity contribution in [1.82, 2.24) is 25.0 Å². The van der Waals surface area contributed by atoms with Crippen LogP contribution in [0.3, 0.4) is 0 Å². The van der Waals surface area contributed by atoms with Crippen LogP contribution in [0, 0.1) is 0 Å². The second-order valence-corrected chi connectivity index (χ2v) is 5.01. The van der Waals surface area contributed by atoms with E-state index in [0.717, 1.165) is 16.5 Å². The highest BCUT2D eigenvalue weighted by Crippen LogP contribution is 2.31. The van der Waals surface area contributed by atoms with E-state index in [0.29, 0.717) is 22.0 Å². The summed E-state index contributed by atoms with van der Waals surface area (Å²) in [6.45, 7) is 0. The van der Waals surface area contributed by atoms with E-state index in [1.54, 1.807) is 10.6 Å². The summed E-state index contributed by atoms with van der Waals surface area (Å²) in [5.41, 5.74) is 3.00. The third kappa shape index (κ3) is 1.87. The number of rotatable bonds is 1. The van der Waals surface area contributed by atoms with Crippen LogP contribution in [0.1, 0.15) is 0 Å². The molecule has 2 aromatic carbocycles. The molecule has 7 heteroatoms. The van der Waals surface area contributed by atoms with E-state index in [4.69, 9.17) is 19.4 Å². The Morgan fingerprint density at radius 3 is 2.81 bits per heavy atom. The van der Waals surface area contributed by atoms with E-state index in [1.807, 2.05) is 36.4 Å².